The van der Waals surface area contributed by atoms with Crippen LogP contribution in [0, 0.1) is 11.8 Å². The van der Waals surface area contributed by atoms with Crippen molar-refractivity contribution < 1.29 is 23.9 Å². The van der Waals surface area contributed by atoms with Crippen LogP contribution in [0.3, 0.4) is 0 Å². The van der Waals surface area contributed by atoms with Crippen LogP contribution in [0.5, 0.6) is 0 Å². The summed E-state index contributed by atoms with van der Waals surface area (Å²) in [5, 5.41) is 6.65. The molecule has 62 heavy (non-hydrogen) atoms. The fourth-order valence-electron chi connectivity index (χ4n) is 9.43. The fraction of sp³-hybridized carbons (Fsp3) is 0.469. The highest BCUT2D eigenvalue weighted by molar-refractivity contribution is 5.91. The minimum Gasteiger partial charge on any atom is -0.452 e. The monoisotopic (exact) mass is 840 g/mol. The van der Waals surface area contributed by atoms with E-state index >= 15 is 0 Å². The van der Waals surface area contributed by atoms with E-state index in [0.29, 0.717) is 0 Å². The van der Waals surface area contributed by atoms with Crippen molar-refractivity contribution in [2.24, 2.45) is 11.8 Å². The van der Waals surface area contributed by atoms with Gasteiger partial charge >= 0.3 is 6.09 Å². The van der Waals surface area contributed by atoms with Gasteiger partial charge in [-0.25, -0.2) is 25.2 Å². The van der Waals surface area contributed by atoms with Gasteiger partial charge < -0.3 is 24.9 Å². The van der Waals surface area contributed by atoms with Gasteiger partial charge in [-0.1, -0.05) is 74.2 Å². The molecule has 3 fully saturated rings. The average Bonchev–Trinajstić information content (AvgIpc) is 3.72. The molecule has 4 atom stereocenters. The molecule has 0 saturated heterocycles. The van der Waals surface area contributed by atoms with Crippen LogP contribution >= 0.6 is 0 Å². The van der Waals surface area contributed by atoms with E-state index in [1.807, 2.05) is 40.1 Å². The van der Waals surface area contributed by atoms with Gasteiger partial charge in [-0.05, 0) is 106 Å². The van der Waals surface area contributed by atoms with Gasteiger partial charge in [-0.15, -0.1) is 0 Å². The summed E-state index contributed by atoms with van der Waals surface area (Å²) in [5.74, 6) is 0.838. The molecule has 4 amide bonds. The molecule has 4 N–H and O–H groups in total. The maximum atomic E-state index is 14.0. The highest BCUT2D eigenvalue weighted by atomic mass is 16.5. The Labute approximate surface area is 363 Å². The molecule has 3 saturated carbocycles. The van der Waals surface area contributed by atoms with Gasteiger partial charge in [0.2, 0.25) is 17.7 Å². The van der Waals surface area contributed by atoms with Gasteiger partial charge in [-0.3, -0.25) is 14.4 Å². The maximum Gasteiger partial charge on any atom is 0.425 e. The Morgan fingerprint density at radius 1 is 0.661 bits per heavy atom. The topological polar surface area (TPSA) is 165 Å². The number of rotatable bonds is 12. The Morgan fingerprint density at radius 3 is 1.74 bits per heavy atom. The Bertz CT molecular complexity index is 2400. The summed E-state index contributed by atoms with van der Waals surface area (Å²) in [5.41, 5.74) is 8.66. The Kier molecular flexibility index (Phi) is 12.8. The molecule has 0 bridgehead atoms. The van der Waals surface area contributed by atoms with Crippen LogP contribution < -0.4 is 10.7 Å². The van der Waals surface area contributed by atoms with Gasteiger partial charge in [0.25, 0.3) is 0 Å². The molecule has 0 aliphatic heterocycles. The lowest BCUT2D eigenvalue weighted by molar-refractivity contribution is -0.143. The number of nitrogens with zero attached hydrogens (tertiary/aromatic N) is 4. The van der Waals surface area contributed by atoms with E-state index in [2.05, 4.69) is 81.4 Å². The number of carbonyl (C=O) groups is 4. The Balaban J connectivity index is 0.938. The third-order valence-electron chi connectivity index (χ3n) is 13.1. The van der Waals surface area contributed by atoms with E-state index in [0.717, 1.165) is 120 Å². The zero-order chi connectivity index (χ0) is 43.5. The van der Waals surface area contributed by atoms with Crippen molar-refractivity contribution in [3.05, 3.63) is 84.7 Å². The Morgan fingerprint density at radius 2 is 1.18 bits per heavy atom. The molecule has 326 valence electrons. The largest absolute Gasteiger partial charge is 0.452 e. The molecule has 3 aliphatic carbocycles. The molecule has 2 heterocycles. The highest BCUT2D eigenvalue weighted by Crippen LogP contribution is 2.40. The number of imidazole rings is 2. The quantitative estimate of drug-likeness (QED) is 0.0912. The van der Waals surface area contributed by atoms with Crippen LogP contribution in [-0.2, 0) is 19.1 Å². The SMILES string of the molecule is COC(=O)NN(C(=O)C1CCCC[C@@H]1c1ncc(-c2ccc3cc(-c4ccc(-c5cnc(C6CCCC[C@@H]6C(=O)N(CC(=O)NC6CC6)C(C)C)[nH]5)cc4)ccc3c2)[nH]1)C(C)C. The standard InChI is InChI=1S/C49H60N8O5/c1-29(2)56(28-44(58)52-37-22-23-37)47(59)40-12-8-6-10-38(40)45-50-26-42(53-45)32-16-14-31(15-17-32)33-18-19-35-25-36(21-20-34(35)24-33)43-27-51-46(54-43)39-11-7-9-13-41(39)48(60)57(30(3)4)55-49(61)62-5/h14-21,24-27,29-30,37-41H,6-13,22-23,28H2,1-5H3,(H,50,53)(H,51,54)(H,52,58)(H,55,61)/t38?,39-,40-,41?/m0/s1. The number of carbonyl (C=O) groups excluding carboxylic acids is 4. The second-order valence-electron chi connectivity index (χ2n) is 18.0. The van der Waals surface area contributed by atoms with Gasteiger partial charge in [0.05, 0.1) is 37.4 Å². The number of nitrogens with one attached hydrogen (secondary N) is 4. The highest BCUT2D eigenvalue weighted by Gasteiger charge is 2.39. The average molecular weight is 841 g/mol. The molecule has 3 aliphatic rings. The van der Waals surface area contributed by atoms with E-state index in [9.17, 15) is 19.2 Å². The lowest BCUT2D eigenvalue weighted by atomic mass is 9.77. The molecule has 2 aromatic heterocycles. The molecular weight excluding hydrogens is 781 g/mol. The van der Waals surface area contributed by atoms with Crippen molar-refractivity contribution in [1.29, 1.82) is 0 Å². The van der Waals surface area contributed by atoms with Crippen LogP contribution in [0.4, 0.5) is 4.79 Å². The van der Waals surface area contributed by atoms with Gasteiger partial charge in [0, 0.05) is 47.4 Å². The molecular formula is C49H60N8O5. The van der Waals surface area contributed by atoms with Gasteiger partial charge in [0.1, 0.15) is 11.6 Å². The van der Waals surface area contributed by atoms with Crippen molar-refractivity contribution >= 4 is 34.6 Å². The number of methoxy groups -OCH3 is 1. The summed E-state index contributed by atoms with van der Waals surface area (Å²) in [6.07, 6.45) is 12.3. The third kappa shape index (κ3) is 9.41. The predicted octanol–water partition coefficient (Wildman–Crippen LogP) is 8.86. The summed E-state index contributed by atoms with van der Waals surface area (Å²) < 4.78 is 4.78. The number of ether oxygens (including phenoxy) is 1. The van der Waals surface area contributed by atoms with Crippen LogP contribution in [0.25, 0.3) is 44.4 Å². The van der Waals surface area contributed by atoms with E-state index in [4.69, 9.17) is 14.7 Å². The molecule has 5 aromatic rings. The number of hydrazine groups is 1. The van der Waals surface area contributed by atoms with E-state index in [-0.39, 0.29) is 66.1 Å². The van der Waals surface area contributed by atoms with Crippen LogP contribution in [-0.4, -0.2) is 85.4 Å². The smallest absolute Gasteiger partial charge is 0.425 e. The molecule has 8 rings (SSSR count). The molecule has 2 unspecified atom stereocenters. The molecule has 0 spiro atoms. The van der Waals surface area contributed by atoms with Crippen molar-refractivity contribution in [1.82, 2.24) is 40.6 Å². The van der Waals surface area contributed by atoms with Crippen molar-refractivity contribution in [3.8, 4) is 33.6 Å². The van der Waals surface area contributed by atoms with Crippen molar-refractivity contribution in [3.63, 3.8) is 0 Å². The summed E-state index contributed by atoms with van der Waals surface area (Å²) in [6, 6.07) is 21.3. The maximum absolute atomic E-state index is 14.0. The summed E-state index contributed by atoms with van der Waals surface area (Å²) in [4.78, 5) is 71.0. The summed E-state index contributed by atoms with van der Waals surface area (Å²) in [6.45, 7) is 7.81. The number of aromatic nitrogens is 4. The lowest BCUT2D eigenvalue weighted by Gasteiger charge is -2.35. The molecule has 13 heteroatoms. The summed E-state index contributed by atoms with van der Waals surface area (Å²) in [7, 11) is 1.29. The van der Waals surface area contributed by atoms with E-state index < -0.39 is 6.09 Å². The first kappa shape index (κ1) is 42.7. The van der Waals surface area contributed by atoms with Crippen LogP contribution in [0.1, 0.15) is 115 Å². The predicted molar refractivity (Wildman–Crippen MR) is 239 cm³/mol. The first-order valence-corrected chi connectivity index (χ1v) is 22.5. The molecule has 3 aromatic carbocycles. The lowest BCUT2D eigenvalue weighted by Crippen LogP contribution is -2.53. The zero-order valence-corrected chi connectivity index (χ0v) is 36.6. The van der Waals surface area contributed by atoms with Crippen LogP contribution in [0.2, 0.25) is 0 Å². The Hall–Kier alpha value is -5.98. The molecule has 13 nitrogen and oxygen atoms in total. The fourth-order valence-corrected chi connectivity index (χ4v) is 9.43. The van der Waals surface area contributed by atoms with E-state index in [1.165, 1.54) is 12.1 Å². The number of aromatic amines is 2. The molecule has 0 radical (unpaired) electrons. The minimum absolute atomic E-state index is 0.0235. The second kappa shape index (κ2) is 18.6. The first-order valence-electron chi connectivity index (χ1n) is 22.5. The van der Waals surface area contributed by atoms with Gasteiger partial charge in [0.15, 0.2) is 0 Å². The first-order chi connectivity index (χ1) is 30.0. The summed E-state index contributed by atoms with van der Waals surface area (Å²) >= 11 is 0. The number of fused-ring (bicyclic) bond motifs is 1. The van der Waals surface area contributed by atoms with Crippen molar-refractivity contribution in [2.75, 3.05) is 13.7 Å². The zero-order valence-electron chi connectivity index (χ0n) is 36.6. The number of H-pyrrole nitrogens is 2. The number of amides is 4. The number of benzene rings is 3. The van der Waals surface area contributed by atoms with Crippen LogP contribution in [0.15, 0.2) is 73.1 Å². The minimum atomic E-state index is -0.664. The van der Waals surface area contributed by atoms with Crippen molar-refractivity contribution in [2.45, 2.75) is 122 Å². The normalized spacial score (nSPS) is 20.2. The second-order valence-corrected chi connectivity index (χ2v) is 18.0. The van der Waals surface area contributed by atoms with E-state index in [1.54, 1.807) is 4.90 Å². The van der Waals surface area contributed by atoms with Gasteiger partial charge in [-0.2, -0.15) is 0 Å². The number of hydrogen-bond acceptors (Lipinski definition) is 7. The third-order valence-corrected chi connectivity index (χ3v) is 13.1. The number of hydrogen-bond donors (Lipinski definition) is 4.